The van der Waals surface area contributed by atoms with E-state index in [4.69, 9.17) is 23.2 Å². The normalized spacial score (nSPS) is 26.2. The summed E-state index contributed by atoms with van der Waals surface area (Å²) in [7, 11) is 0. The van der Waals surface area contributed by atoms with Crippen LogP contribution in [0.2, 0.25) is 5.02 Å². The lowest BCUT2D eigenvalue weighted by atomic mass is 10.0. The highest BCUT2D eigenvalue weighted by atomic mass is 35.5. The monoisotopic (exact) mass is 214 g/mol. The second-order valence-electron chi connectivity index (χ2n) is 3.87. The molecule has 2 atom stereocenters. The summed E-state index contributed by atoms with van der Waals surface area (Å²) in [5, 5.41) is 0.948. The molecule has 0 nitrogen and oxygen atoms in total. The Labute approximate surface area is 88.9 Å². The summed E-state index contributed by atoms with van der Waals surface area (Å²) in [4.78, 5) is 0. The summed E-state index contributed by atoms with van der Waals surface area (Å²) in [5.41, 5.74) is 3.91. The van der Waals surface area contributed by atoms with Crippen LogP contribution in [0.15, 0.2) is 12.1 Å². The molecule has 2 heteroatoms. The number of hydrogen-bond donors (Lipinski definition) is 0. The van der Waals surface area contributed by atoms with Crippen LogP contribution in [-0.4, -0.2) is 0 Å². The summed E-state index contributed by atoms with van der Waals surface area (Å²) in [6.07, 6.45) is 1.09. The van der Waals surface area contributed by atoms with E-state index in [1.807, 2.05) is 12.1 Å². The zero-order chi connectivity index (χ0) is 9.59. The van der Waals surface area contributed by atoms with E-state index in [9.17, 15) is 0 Å². The molecule has 1 aromatic carbocycles. The average Bonchev–Trinajstić information content (AvgIpc) is 2.32. The summed E-state index contributed by atoms with van der Waals surface area (Å²) in [6, 6.07) is 4.02. The summed E-state index contributed by atoms with van der Waals surface area (Å²) in [6.45, 7) is 4.29. The second kappa shape index (κ2) is 3.18. The number of halogens is 2. The zero-order valence-corrected chi connectivity index (χ0v) is 9.28. The lowest BCUT2D eigenvalue weighted by Gasteiger charge is -2.07. The van der Waals surface area contributed by atoms with Gasteiger partial charge in [0, 0.05) is 5.02 Å². The molecular formula is C11H12Cl2. The molecule has 1 aliphatic carbocycles. The molecule has 0 heterocycles. The molecule has 0 saturated heterocycles. The first-order valence-electron chi connectivity index (χ1n) is 4.52. The minimum atomic E-state index is 0.146. The van der Waals surface area contributed by atoms with Crippen LogP contribution in [0, 0.1) is 12.8 Å². The van der Waals surface area contributed by atoms with Crippen molar-refractivity contribution in [3.63, 3.8) is 0 Å². The molecule has 0 saturated carbocycles. The fourth-order valence-electron chi connectivity index (χ4n) is 2.06. The van der Waals surface area contributed by atoms with Crippen molar-refractivity contribution in [3.05, 3.63) is 33.8 Å². The Hall–Kier alpha value is -0.200. The number of rotatable bonds is 0. The van der Waals surface area contributed by atoms with Gasteiger partial charge in [-0.15, -0.1) is 11.6 Å². The van der Waals surface area contributed by atoms with Gasteiger partial charge in [-0.05, 0) is 48.1 Å². The predicted molar refractivity (Wildman–Crippen MR) is 57.7 cm³/mol. The van der Waals surface area contributed by atoms with Crippen molar-refractivity contribution in [1.82, 2.24) is 0 Å². The molecule has 0 fully saturated rings. The molecule has 0 amide bonds. The van der Waals surface area contributed by atoms with Gasteiger partial charge < -0.3 is 0 Å². The number of hydrogen-bond acceptors (Lipinski definition) is 0. The molecular weight excluding hydrogens is 203 g/mol. The second-order valence-corrected chi connectivity index (χ2v) is 4.78. The zero-order valence-electron chi connectivity index (χ0n) is 7.77. The quantitative estimate of drug-likeness (QED) is 0.571. The van der Waals surface area contributed by atoms with Crippen molar-refractivity contribution in [3.8, 4) is 0 Å². The van der Waals surface area contributed by atoms with E-state index in [1.165, 1.54) is 16.7 Å². The highest BCUT2D eigenvalue weighted by Crippen LogP contribution is 2.42. The van der Waals surface area contributed by atoms with Crippen molar-refractivity contribution >= 4 is 23.2 Å². The summed E-state index contributed by atoms with van der Waals surface area (Å²) in [5.74, 6) is 0.536. The topological polar surface area (TPSA) is 0 Å². The van der Waals surface area contributed by atoms with Crippen LogP contribution in [-0.2, 0) is 6.42 Å². The van der Waals surface area contributed by atoms with Crippen LogP contribution < -0.4 is 0 Å². The maximum Gasteiger partial charge on any atom is 0.0617 e. The average molecular weight is 215 g/mol. The standard InChI is InChI=1S/C11H12Cl2/c1-6-3-8(12)5-10-9(6)4-7(2)11(10)13/h3,5,7,11H,4H2,1-2H3. The van der Waals surface area contributed by atoms with Gasteiger partial charge in [0.1, 0.15) is 0 Å². The maximum atomic E-state index is 6.28. The van der Waals surface area contributed by atoms with Gasteiger partial charge in [-0.25, -0.2) is 0 Å². The molecule has 2 unspecified atom stereocenters. The molecule has 0 radical (unpaired) electrons. The molecule has 0 aliphatic heterocycles. The van der Waals surface area contributed by atoms with Gasteiger partial charge in [0.25, 0.3) is 0 Å². The number of fused-ring (bicyclic) bond motifs is 1. The van der Waals surface area contributed by atoms with E-state index in [-0.39, 0.29) is 5.38 Å². The van der Waals surface area contributed by atoms with Crippen LogP contribution in [0.25, 0.3) is 0 Å². The first kappa shape index (κ1) is 9.36. The van der Waals surface area contributed by atoms with E-state index < -0.39 is 0 Å². The molecule has 70 valence electrons. The van der Waals surface area contributed by atoms with Gasteiger partial charge in [0.2, 0.25) is 0 Å². The van der Waals surface area contributed by atoms with Gasteiger partial charge in [-0.2, -0.15) is 0 Å². The van der Waals surface area contributed by atoms with Crippen LogP contribution in [0.1, 0.15) is 29.0 Å². The maximum absolute atomic E-state index is 6.28. The van der Waals surface area contributed by atoms with Crippen molar-refractivity contribution in [2.45, 2.75) is 25.6 Å². The molecule has 0 spiro atoms. The molecule has 13 heavy (non-hydrogen) atoms. The van der Waals surface area contributed by atoms with Gasteiger partial charge in [-0.1, -0.05) is 18.5 Å². The summed E-state index contributed by atoms with van der Waals surface area (Å²) >= 11 is 12.3. The largest absolute Gasteiger partial charge is 0.118 e. The van der Waals surface area contributed by atoms with Crippen molar-refractivity contribution in [2.24, 2.45) is 5.92 Å². The fraction of sp³-hybridized carbons (Fsp3) is 0.455. The van der Waals surface area contributed by atoms with Gasteiger partial charge in [0.15, 0.2) is 0 Å². The van der Waals surface area contributed by atoms with E-state index in [1.54, 1.807) is 0 Å². The van der Waals surface area contributed by atoms with Crippen molar-refractivity contribution < 1.29 is 0 Å². The Balaban J connectivity index is 2.57. The van der Waals surface area contributed by atoms with Crippen LogP contribution >= 0.6 is 23.2 Å². The first-order chi connectivity index (χ1) is 6.09. The highest BCUT2D eigenvalue weighted by molar-refractivity contribution is 6.31. The van der Waals surface area contributed by atoms with Gasteiger partial charge >= 0.3 is 0 Å². The Kier molecular flexibility index (Phi) is 2.29. The van der Waals surface area contributed by atoms with E-state index in [0.29, 0.717) is 5.92 Å². The third kappa shape index (κ3) is 1.47. The molecule has 1 aliphatic rings. The predicted octanol–water partition coefficient (Wildman–Crippen LogP) is 4.12. The van der Waals surface area contributed by atoms with Gasteiger partial charge in [0.05, 0.1) is 5.38 Å². The molecule has 0 bridgehead atoms. The van der Waals surface area contributed by atoms with E-state index in [0.717, 1.165) is 11.4 Å². The molecule has 0 aromatic heterocycles. The van der Waals surface area contributed by atoms with E-state index >= 15 is 0 Å². The third-order valence-corrected chi connectivity index (χ3v) is 3.68. The van der Waals surface area contributed by atoms with Crippen molar-refractivity contribution in [1.29, 1.82) is 0 Å². The fourth-order valence-corrected chi connectivity index (χ4v) is 2.62. The first-order valence-corrected chi connectivity index (χ1v) is 5.34. The van der Waals surface area contributed by atoms with Crippen molar-refractivity contribution in [2.75, 3.05) is 0 Å². The molecule has 2 rings (SSSR count). The Morgan fingerprint density at radius 1 is 1.38 bits per heavy atom. The minimum Gasteiger partial charge on any atom is -0.118 e. The molecule has 1 aromatic rings. The summed E-state index contributed by atoms with van der Waals surface area (Å²) < 4.78 is 0. The van der Waals surface area contributed by atoms with Crippen LogP contribution in [0.5, 0.6) is 0 Å². The smallest absolute Gasteiger partial charge is 0.0617 e. The molecule has 0 N–H and O–H groups in total. The van der Waals surface area contributed by atoms with Gasteiger partial charge in [-0.3, -0.25) is 0 Å². The third-order valence-electron chi connectivity index (χ3n) is 2.80. The lowest BCUT2D eigenvalue weighted by molar-refractivity contribution is 0.608. The Bertz CT molecular complexity index is 344. The Morgan fingerprint density at radius 2 is 2.08 bits per heavy atom. The Morgan fingerprint density at radius 3 is 2.77 bits per heavy atom. The van der Waals surface area contributed by atoms with Crippen LogP contribution in [0.3, 0.4) is 0 Å². The number of alkyl halides is 1. The van der Waals surface area contributed by atoms with Crippen LogP contribution in [0.4, 0.5) is 0 Å². The lowest BCUT2D eigenvalue weighted by Crippen LogP contribution is -1.94. The number of benzene rings is 1. The minimum absolute atomic E-state index is 0.146. The highest BCUT2D eigenvalue weighted by Gasteiger charge is 2.28. The number of aryl methyl sites for hydroxylation is 1. The van der Waals surface area contributed by atoms with E-state index in [2.05, 4.69) is 13.8 Å². The SMILES string of the molecule is Cc1cc(Cl)cc2c1CC(C)C2Cl.